The van der Waals surface area contributed by atoms with Gasteiger partial charge in [-0.15, -0.1) is 0 Å². The second kappa shape index (κ2) is 10.5. The van der Waals surface area contributed by atoms with E-state index in [1.54, 1.807) is 0 Å². The number of ether oxygens (including phenoxy) is 2. The molecule has 33 heavy (non-hydrogen) atoms. The van der Waals surface area contributed by atoms with E-state index in [4.69, 9.17) is 9.47 Å². The van der Waals surface area contributed by atoms with Crippen LogP contribution in [0.2, 0.25) is 12.6 Å². The van der Waals surface area contributed by atoms with Crippen molar-refractivity contribution in [2.45, 2.75) is 74.2 Å². The van der Waals surface area contributed by atoms with Gasteiger partial charge in [-0.1, -0.05) is 77.6 Å². The second-order valence-corrected chi connectivity index (χ2v) is 16.1. The number of hydrogen-bond donors (Lipinski definition) is 0. The molecule has 0 N–H and O–H groups in total. The van der Waals surface area contributed by atoms with Crippen molar-refractivity contribution in [3.8, 4) is 0 Å². The molecule has 2 heterocycles. The molecule has 3 unspecified atom stereocenters. The monoisotopic (exact) mass is 492 g/mol. The Morgan fingerprint density at radius 2 is 1.24 bits per heavy atom. The van der Waals surface area contributed by atoms with Gasteiger partial charge in [0.1, 0.15) is 8.80 Å². The zero-order valence-electron chi connectivity index (χ0n) is 19.4. The quantitative estimate of drug-likeness (QED) is 0.517. The summed E-state index contributed by atoms with van der Waals surface area (Å²) in [7, 11) is -4.02. The largest absolute Gasteiger partial charge is 0.388 e. The minimum absolute atomic E-state index is 0.208. The van der Waals surface area contributed by atoms with Crippen LogP contribution in [-0.4, -0.2) is 47.4 Å². The summed E-state index contributed by atoms with van der Waals surface area (Å²) in [4.78, 5) is 0. The van der Waals surface area contributed by atoms with Crippen LogP contribution in [0.1, 0.15) is 44.9 Å². The lowest BCUT2D eigenvalue weighted by Crippen LogP contribution is -2.77. The van der Waals surface area contributed by atoms with E-state index >= 15 is 0 Å². The van der Waals surface area contributed by atoms with Crippen LogP contribution in [0, 0.1) is 0 Å². The van der Waals surface area contributed by atoms with Gasteiger partial charge in [0.2, 0.25) is 0 Å². The molecule has 0 radical (unpaired) electrons. The summed E-state index contributed by atoms with van der Waals surface area (Å²) in [6, 6.07) is 21.4. The maximum absolute atomic E-state index is 13.3. The summed E-state index contributed by atoms with van der Waals surface area (Å²) in [5.74, 6) is 0. The van der Waals surface area contributed by atoms with Crippen LogP contribution < -0.4 is 10.4 Å². The summed E-state index contributed by atoms with van der Waals surface area (Å²) in [5.41, 5.74) is 0. The van der Waals surface area contributed by atoms with Crippen LogP contribution in [-0.2, 0) is 9.47 Å². The first kappa shape index (κ1) is 24.7. The van der Waals surface area contributed by atoms with E-state index < -0.39 is 40.6 Å². The van der Waals surface area contributed by atoms with Crippen molar-refractivity contribution in [1.29, 1.82) is 0 Å². The molecular formula is C26H35F3O2Si2. The van der Waals surface area contributed by atoms with Crippen molar-refractivity contribution >= 4 is 28.0 Å². The first-order valence-corrected chi connectivity index (χ1v) is 16.6. The van der Waals surface area contributed by atoms with Gasteiger partial charge in [0.25, 0.3) is 0 Å². The molecule has 2 fully saturated rings. The SMILES string of the molecule is C[SiH](CCC(F)(F)F)C1(C2([SiH](c3ccccc3)c3ccccc3)CCCCO2)CCCCO1. The van der Waals surface area contributed by atoms with E-state index in [1.165, 1.54) is 10.4 Å². The summed E-state index contributed by atoms with van der Waals surface area (Å²) < 4.78 is 53.6. The summed E-state index contributed by atoms with van der Waals surface area (Å²) in [5, 5.41) is 1.48. The van der Waals surface area contributed by atoms with Crippen LogP contribution in [0.4, 0.5) is 13.2 Å². The molecule has 0 amide bonds. The molecule has 0 bridgehead atoms. The van der Waals surface area contributed by atoms with Crippen LogP contribution in [0.25, 0.3) is 0 Å². The molecule has 0 aliphatic carbocycles. The first-order valence-electron chi connectivity index (χ1n) is 12.3. The van der Waals surface area contributed by atoms with Gasteiger partial charge in [-0.05, 0) is 44.6 Å². The Morgan fingerprint density at radius 1 is 0.758 bits per heavy atom. The molecule has 0 saturated carbocycles. The molecule has 2 aromatic carbocycles. The van der Waals surface area contributed by atoms with Gasteiger partial charge < -0.3 is 9.47 Å². The highest BCUT2D eigenvalue weighted by Crippen LogP contribution is 2.47. The molecule has 2 aliphatic rings. The van der Waals surface area contributed by atoms with Crippen LogP contribution in [0.3, 0.4) is 0 Å². The first-order chi connectivity index (χ1) is 15.9. The molecule has 3 atom stereocenters. The Bertz CT molecular complexity index is 825. The smallest absolute Gasteiger partial charge is 0.376 e. The Hall–Kier alpha value is -1.42. The van der Waals surface area contributed by atoms with Gasteiger partial charge in [0.05, 0.1) is 19.2 Å². The Balaban J connectivity index is 1.87. The minimum Gasteiger partial charge on any atom is -0.376 e. The van der Waals surface area contributed by atoms with E-state index in [0.717, 1.165) is 38.5 Å². The molecule has 0 aromatic heterocycles. The van der Waals surface area contributed by atoms with Crippen molar-refractivity contribution in [3.63, 3.8) is 0 Å². The zero-order chi connectivity index (χ0) is 23.4. The third-order valence-corrected chi connectivity index (χ3v) is 15.7. The fourth-order valence-electron chi connectivity index (χ4n) is 6.21. The van der Waals surface area contributed by atoms with Crippen molar-refractivity contribution < 1.29 is 22.6 Å². The highest BCUT2D eigenvalue weighted by molar-refractivity contribution is 6.89. The molecule has 4 rings (SSSR count). The van der Waals surface area contributed by atoms with Gasteiger partial charge in [-0.25, -0.2) is 0 Å². The molecular weight excluding hydrogens is 457 g/mol. The van der Waals surface area contributed by atoms with E-state index in [-0.39, 0.29) is 6.04 Å². The zero-order valence-corrected chi connectivity index (χ0v) is 21.8. The maximum atomic E-state index is 13.3. The van der Waals surface area contributed by atoms with Gasteiger partial charge >= 0.3 is 6.18 Å². The van der Waals surface area contributed by atoms with Crippen LogP contribution >= 0.6 is 0 Å². The molecule has 2 nitrogen and oxygen atoms in total. The second-order valence-electron chi connectivity index (χ2n) is 9.70. The predicted molar refractivity (Wildman–Crippen MR) is 133 cm³/mol. The number of rotatable bonds is 7. The number of halogens is 3. The average molecular weight is 493 g/mol. The molecule has 2 aliphatic heterocycles. The lowest BCUT2D eigenvalue weighted by atomic mass is 9.96. The lowest BCUT2D eigenvalue weighted by Gasteiger charge is -2.59. The van der Waals surface area contributed by atoms with E-state index in [1.807, 2.05) is 12.1 Å². The minimum atomic E-state index is -4.13. The number of benzene rings is 2. The summed E-state index contributed by atoms with van der Waals surface area (Å²) in [6.45, 7) is 3.39. The molecule has 2 aromatic rings. The average Bonchev–Trinajstić information content (AvgIpc) is 2.84. The van der Waals surface area contributed by atoms with Crippen LogP contribution in [0.15, 0.2) is 60.7 Å². The fourth-order valence-corrected chi connectivity index (χ4v) is 15.1. The van der Waals surface area contributed by atoms with Crippen molar-refractivity contribution in [3.05, 3.63) is 60.7 Å². The van der Waals surface area contributed by atoms with Gasteiger partial charge in [-0.3, -0.25) is 0 Å². The van der Waals surface area contributed by atoms with E-state index in [0.29, 0.717) is 13.2 Å². The Kier molecular flexibility index (Phi) is 7.83. The highest BCUT2D eigenvalue weighted by Gasteiger charge is 2.62. The third kappa shape index (κ3) is 5.16. The van der Waals surface area contributed by atoms with Crippen molar-refractivity contribution in [2.24, 2.45) is 0 Å². The normalized spacial score (nSPS) is 27.4. The summed E-state index contributed by atoms with van der Waals surface area (Å²) >= 11 is 0. The fraction of sp³-hybridized carbons (Fsp3) is 0.538. The maximum Gasteiger partial charge on any atom is 0.388 e. The Labute approximate surface area is 198 Å². The van der Waals surface area contributed by atoms with Crippen molar-refractivity contribution in [2.75, 3.05) is 13.2 Å². The number of hydrogen-bond acceptors (Lipinski definition) is 2. The van der Waals surface area contributed by atoms with Gasteiger partial charge in [0.15, 0.2) is 0 Å². The van der Waals surface area contributed by atoms with Crippen LogP contribution in [0.5, 0.6) is 0 Å². The van der Waals surface area contributed by atoms with Gasteiger partial charge in [0, 0.05) is 19.6 Å². The van der Waals surface area contributed by atoms with E-state index in [9.17, 15) is 13.2 Å². The van der Waals surface area contributed by atoms with Gasteiger partial charge in [-0.2, -0.15) is 13.2 Å². The molecule has 2 saturated heterocycles. The lowest BCUT2D eigenvalue weighted by molar-refractivity contribution is -0.165. The molecule has 180 valence electrons. The standard InChI is InChI=1S/C26H35F3O2Si2/c1-32(21-18-26(27,28)29)24(16-8-10-19-30-24)25(17-9-11-20-31-25)33(22-12-4-2-5-13-22)23-14-6-3-7-15-23/h2-7,12-15,32-33H,8-11,16-21H2,1H3. The predicted octanol–water partition coefficient (Wildman–Crippen LogP) is 4.79. The third-order valence-electron chi connectivity index (χ3n) is 7.71. The van der Waals surface area contributed by atoms with E-state index in [2.05, 4.69) is 55.1 Å². The van der Waals surface area contributed by atoms with Crippen molar-refractivity contribution in [1.82, 2.24) is 0 Å². The molecule has 0 spiro atoms. The topological polar surface area (TPSA) is 18.5 Å². The number of alkyl halides is 3. The summed E-state index contributed by atoms with van der Waals surface area (Å²) in [6.07, 6.45) is 0.853. The molecule has 7 heteroatoms. The Morgan fingerprint density at radius 3 is 1.67 bits per heavy atom. The highest BCUT2D eigenvalue weighted by atomic mass is 28.3.